The van der Waals surface area contributed by atoms with Crippen LogP contribution in [0.4, 0.5) is 0 Å². The lowest BCUT2D eigenvalue weighted by molar-refractivity contribution is 0.0863. The molecule has 1 aromatic carbocycles. The highest BCUT2D eigenvalue weighted by atomic mass is 127. The van der Waals surface area contributed by atoms with Crippen LogP contribution in [0.5, 0.6) is 0 Å². The summed E-state index contributed by atoms with van der Waals surface area (Å²) in [4.78, 5) is 0. The van der Waals surface area contributed by atoms with Gasteiger partial charge in [-0.05, 0) is 65.1 Å². The van der Waals surface area contributed by atoms with Crippen LogP contribution in [0.15, 0.2) is 24.3 Å². The topological polar surface area (TPSA) is 46.2 Å². The molecule has 0 bridgehead atoms. The fourth-order valence-electron chi connectivity index (χ4n) is 1.89. The second-order valence-corrected chi connectivity index (χ2v) is 5.79. The molecule has 0 aliphatic carbocycles. The maximum absolute atomic E-state index is 10.1. The van der Waals surface area contributed by atoms with Crippen molar-refractivity contribution in [2.24, 2.45) is 17.6 Å². The van der Waals surface area contributed by atoms with E-state index in [0.717, 1.165) is 0 Å². The summed E-state index contributed by atoms with van der Waals surface area (Å²) >= 11 is 2.28. The van der Waals surface area contributed by atoms with Crippen LogP contribution >= 0.6 is 22.6 Å². The van der Waals surface area contributed by atoms with Crippen LogP contribution in [0, 0.1) is 15.4 Å². The van der Waals surface area contributed by atoms with E-state index < -0.39 is 0 Å². The van der Waals surface area contributed by atoms with E-state index in [9.17, 15) is 5.11 Å². The largest absolute Gasteiger partial charge is 0.392 e. The van der Waals surface area contributed by atoms with Crippen molar-refractivity contribution >= 4 is 22.6 Å². The molecule has 3 N–H and O–H groups in total. The second-order valence-electron chi connectivity index (χ2n) is 4.54. The number of nitrogens with two attached hydrogens (primary N) is 1. The molecule has 0 amide bonds. The summed E-state index contributed by atoms with van der Waals surface area (Å²) in [6.07, 6.45) is 0.349. The van der Waals surface area contributed by atoms with Gasteiger partial charge in [-0.15, -0.1) is 0 Å². The molecular formula is C13H20INO. The molecule has 16 heavy (non-hydrogen) atoms. The molecule has 2 unspecified atom stereocenters. The Morgan fingerprint density at radius 3 is 2.25 bits per heavy atom. The highest BCUT2D eigenvalue weighted by Gasteiger charge is 2.21. The van der Waals surface area contributed by atoms with Crippen molar-refractivity contribution in [3.8, 4) is 0 Å². The number of hydrogen-bond donors (Lipinski definition) is 2. The summed E-state index contributed by atoms with van der Waals surface area (Å²) in [5.74, 6) is 0.600. The maximum Gasteiger partial charge on any atom is 0.0623 e. The zero-order chi connectivity index (χ0) is 12.1. The average molecular weight is 333 g/mol. The van der Waals surface area contributed by atoms with Crippen molar-refractivity contribution in [1.82, 2.24) is 0 Å². The maximum atomic E-state index is 10.1. The fourth-order valence-corrected chi connectivity index (χ4v) is 2.25. The third kappa shape index (κ3) is 4.03. The average Bonchev–Trinajstić information content (AvgIpc) is 2.22. The summed E-state index contributed by atoms with van der Waals surface area (Å²) in [5, 5.41) is 10.1. The van der Waals surface area contributed by atoms with Gasteiger partial charge in [-0.1, -0.05) is 26.0 Å². The molecule has 1 aromatic rings. The van der Waals surface area contributed by atoms with Crippen LogP contribution in [0.3, 0.4) is 0 Å². The summed E-state index contributed by atoms with van der Waals surface area (Å²) < 4.78 is 1.22. The van der Waals surface area contributed by atoms with Gasteiger partial charge >= 0.3 is 0 Å². The van der Waals surface area contributed by atoms with Crippen LogP contribution in [0.2, 0.25) is 0 Å². The van der Waals surface area contributed by atoms with Gasteiger partial charge in [-0.3, -0.25) is 0 Å². The van der Waals surface area contributed by atoms with Gasteiger partial charge in [0.15, 0.2) is 0 Å². The zero-order valence-electron chi connectivity index (χ0n) is 9.86. The summed E-state index contributed by atoms with van der Waals surface area (Å²) in [6.45, 7) is 4.76. The van der Waals surface area contributed by atoms with Crippen LogP contribution in [-0.2, 0) is 6.42 Å². The summed E-state index contributed by atoms with van der Waals surface area (Å²) in [6, 6.07) is 8.27. The lowest BCUT2D eigenvalue weighted by Gasteiger charge is -2.25. The number of rotatable bonds is 5. The van der Waals surface area contributed by atoms with Crippen molar-refractivity contribution in [3.05, 3.63) is 33.4 Å². The summed E-state index contributed by atoms with van der Waals surface area (Å²) in [5.41, 5.74) is 6.86. The van der Waals surface area contributed by atoms with Gasteiger partial charge in [0.25, 0.3) is 0 Å². The third-order valence-corrected chi connectivity index (χ3v) is 3.70. The van der Waals surface area contributed by atoms with Gasteiger partial charge < -0.3 is 10.8 Å². The molecule has 0 aliphatic heterocycles. The molecule has 1 rings (SSSR count). The SMILES string of the molecule is CC(C)C(CN)C(O)Cc1ccc(I)cc1. The minimum absolute atomic E-state index is 0.180. The van der Waals surface area contributed by atoms with Crippen LogP contribution in [-0.4, -0.2) is 17.8 Å². The molecule has 0 radical (unpaired) electrons. The third-order valence-electron chi connectivity index (χ3n) is 2.98. The Balaban J connectivity index is 2.62. The first-order valence-corrected chi connectivity index (χ1v) is 6.75. The number of benzene rings is 1. The van der Waals surface area contributed by atoms with Crippen molar-refractivity contribution in [2.45, 2.75) is 26.4 Å². The molecule has 0 saturated carbocycles. The molecule has 0 aromatic heterocycles. The first kappa shape index (κ1) is 13.9. The van der Waals surface area contributed by atoms with Crippen LogP contribution < -0.4 is 5.73 Å². The predicted molar refractivity (Wildman–Crippen MR) is 76.3 cm³/mol. The van der Waals surface area contributed by atoms with E-state index in [1.165, 1.54) is 9.13 Å². The Hall–Kier alpha value is -0.130. The van der Waals surface area contributed by atoms with Crippen LogP contribution in [0.1, 0.15) is 19.4 Å². The van der Waals surface area contributed by atoms with E-state index >= 15 is 0 Å². The molecule has 0 heterocycles. The highest BCUT2D eigenvalue weighted by Crippen LogP contribution is 2.18. The summed E-state index contributed by atoms with van der Waals surface area (Å²) in [7, 11) is 0. The van der Waals surface area contributed by atoms with Crippen molar-refractivity contribution < 1.29 is 5.11 Å². The monoisotopic (exact) mass is 333 g/mol. The lowest BCUT2D eigenvalue weighted by atomic mass is 9.87. The van der Waals surface area contributed by atoms with E-state index in [4.69, 9.17) is 5.73 Å². The van der Waals surface area contributed by atoms with E-state index in [2.05, 4.69) is 60.7 Å². The fraction of sp³-hybridized carbons (Fsp3) is 0.538. The minimum atomic E-state index is -0.343. The number of aliphatic hydroxyl groups is 1. The Bertz CT molecular complexity index is 310. The quantitative estimate of drug-likeness (QED) is 0.813. The van der Waals surface area contributed by atoms with Gasteiger partial charge in [0, 0.05) is 3.57 Å². The van der Waals surface area contributed by atoms with E-state index in [-0.39, 0.29) is 12.0 Å². The van der Waals surface area contributed by atoms with Crippen molar-refractivity contribution in [2.75, 3.05) is 6.54 Å². The van der Waals surface area contributed by atoms with Gasteiger partial charge in [0.05, 0.1) is 6.10 Å². The van der Waals surface area contributed by atoms with Gasteiger partial charge in [-0.25, -0.2) is 0 Å². The first-order valence-electron chi connectivity index (χ1n) is 5.67. The molecule has 0 spiro atoms. The predicted octanol–water partition coefficient (Wildman–Crippen LogP) is 2.43. The Morgan fingerprint density at radius 2 is 1.81 bits per heavy atom. The standard InChI is InChI=1S/C13H20INO/c1-9(2)12(8-15)13(16)7-10-3-5-11(14)6-4-10/h3-6,9,12-13,16H,7-8,15H2,1-2H3. The normalized spacial score (nSPS) is 15.1. The van der Waals surface area contributed by atoms with Crippen molar-refractivity contribution in [1.29, 1.82) is 0 Å². The van der Waals surface area contributed by atoms with E-state index in [0.29, 0.717) is 18.9 Å². The molecule has 3 heteroatoms. The second kappa shape index (κ2) is 6.57. The molecule has 0 fully saturated rings. The number of halogens is 1. The first-order chi connectivity index (χ1) is 7.54. The van der Waals surface area contributed by atoms with Crippen molar-refractivity contribution in [3.63, 3.8) is 0 Å². The highest BCUT2D eigenvalue weighted by molar-refractivity contribution is 14.1. The lowest BCUT2D eigenvalue weighted by Crippen LogP contribution is -2.33. The van der Waals surface area contributed by atoms with E-state index in [1.54, 1.807) is 0 Å². The van der Waals surface area contributed by atoms with E-state index in [1.807, 2.05) is 0 Å². The Morgan fingerprint density at radius 1 is 1.25 bits per heavy atom. The molecule has 2 atom stereocenters. The van der Waals surface area contributed by atoms with Gasteiger partial charge in [0.2, 0.25) is 0 Å². The minimum Gasteiger partial charge on any atom is -0.392 e. The number of hydrogen-bond acceptors (Lipinski definition) is 2. The molecule has 0 saturated heterocycles. The smallest absolute Gasteiger partial charge is 0.0623 e. The Kier molecular flexibility index (Phi) is 5.72. The Labute approximate surface area is 111 Å². The molecule has 0 aliphatic rings. The molecule has 90 valence electrons. The van der Waals surface area contributed by atoms with Crippen LogP contribution in [0.25, 0.3) is 0 Å². The zero-order valence-corrected chi connectivity index (χ0v) is 12.0. The molecule has 2 nitrogen and oxygen atoms in total. The number of aliphatic hydroxyl groups excluding tert-OH is 1. The van der Waals surface area contributed by atoms with Gasteiger partial charge in [-0.2, -0.15) is 0 Å². The van der Waals surface area contributed by atoms with Gasteiger partial charge in [0.1, 0.15) is 0 Å². The molecular weight excluding hydrogens is 313 g/mol.